The van der Waals surface area contributed by atoms with Gasteiger partial charge in [-0.2, -0.15) is 0 Å². The molecule has 0 radical (unpaired) electrons. The molecule has 1 aromatic rings. The summed E-state index contributed by atoms with van der Waals surface area (Å²) in [5, 5.41) is 6.93. The van der Waals surface area contributed by atoms with Crippen molar-refractivity contribution in [1.29, 1.82) is 5.41 Å². The van der Waals surface area contributed by atoms with Crippen molar-refractivity contribution in [2.45, 2.75) is 6.32 Å². The van der Waals surface area contributed by atoms with Crippen molar-refractivity contribution in [2.75, 3.05) is 7.11 Å². The Kier molecular flexibility index (Phi) is 3.98. The van der Waals surface area contributed by atoms with Crippen LogP contribution in [-0.2, 0) is 6.32 Å². The summed E-state index contributed by atoms with van der Waals surface area (Å²) < 4.78 is 5.27. The number of hydrogen-bond donors (Lipinski definition) is 1. The quantitative estimate of drug-likeness (QED) is 0.562. The monoisotopic (exact) mass is 187 g/mol. The number of benzene rings is 1. The van der Waals surface area contributed by atoms with Crippen molar-refractivity contribution in [3.8, 4) is 5.75 Å². The van der Waals surface area contributed by atoms with Crippen molar-refractivity contribution >= 4 is 20.1 Å². The highest BCUT2D eigenvalue weighted by atomic mass is 16.5. The number of rotatable bonds is 4. The van der Waals surface area contributed by atoms with E-state index in [2.05, 4.69) is 7.85 Å². The molecule has 1 N–H and O–H groups in total. The van der Waals surface area contributed by atoms with Crippen LogP contribution in [0.1, 0.15) is 11.1 Å². The molecule has 0 saturated heterocycles. The zero-order valence-corrected chi connectivity index (χ0v) is 8.58. The molecular formula is C11H14BNO. The van der Waals surface area contributed by atoms with E-state index in [1.807, 2.05) is 24.3 Å². The Hall–Kier alpha value is -1.51. The van der Waals surface area contributed by atoms with Crippen molar-refractivity contribution in [3.05, 3.63) is 35.4 Å². The third kappa shape index (κ3) is 2.25. The molecule has 0 aliphatic heterocycles. The van der Waals surface area contributed by atoms with Crippen molar-refractivity contribution in [2.24, 2.45) is 0 Å². The molecule has 1 rings (SSSR count). The first-order chi connectivity index (χ1) is 6.83. The van der Waals surface area contributed by atoms with E-state index in [1.165, 1.54) is 11.8 Å². The van der Waals surface area contributed by atoms with Gasteiger partial charge in [-0.1, -0.05) is 24.5 Å². The Morgan fingerprint density at radius 2 is 2.29 bits per heavy atom. The standard InChI is InChI=1S/C11H14BNO/c1-14-11-6-2-4-9(5-3-7-13)10(11)8-12/h2-7,13H,8,12H2,1H3/b5-3-,13-7?. The van der Waals surface area contributed by atoms with Crippen LogP contribution in [0.2, 0.25) is 0 Å². The summed E-state index contributed by atoms with van der Waals surface area (Å²) in [6.07, 6.45) is 5.85. The van der Waals surface area contributed by atoms with Crippen LogP contribution < -0.4 is 4.74 Å². The molecule has 0 aliphatic carbocycles. The second-order valence-corrected chi connectivity index (χ2v) is 2.91. The second kappa shape index (κ2) is 5.27. The van der Waals surface area contributed by atoms with E-state index in [1.54, 1.807) is 13.2 Å². The van der Waals surface area contributed by atoms with Gasteiger partial charge in [-0.15, -0.1) is 0 Å². The maximum Gasteiger partial charge on any atom is 0.121 e. The third-order valence-corrected chi connectivity index (χ3v) is 2.11. The van der Waals surface area contributed by atoms with Crippen molar-refractivity contribution in [1.82, 2.24) is 0 Å². The number of hydrogen-bond acceptors (Lipinski definition) is 2. The maximum atomic E-state index is 6.93. The zero-order valence-electron chi connectivity index (χ0n) is 8.58. The van der Waals surface area contributed by atoms with Gasteiger partial charge >= 0.3 is 0 Å². The highest BCUT2D eigenvalue weighted by molar-refractivity contribution is 6.09. The highest BCUT2D eigenvalue weighted by Gasteiger charge is 2.03. The van der Waals surface area contributed by atoms with Gasteiger partial charge in [-0.25, -0.2) is 0 Å². The Morgan fingerprint density at radius 3 is 2.86 bits per heavy atom. The first-order valence-corrected chi connectivity index (χ1v) is 4.66. The van der Waals surface area contributed by atoms with E-state index in [4.69, 9.17) is 10.1 Å². The molecule has 3 heteroatoms. The summed E-state index contributed by atoms with van der Waals surface area (Å²) in [5.74, 6) is 0.916. The Labute approximate surface area is 85.5 Å². The molecule has 0 fully saturated rings. The average Bonchev–Trinajstić information content (AvgIpc) is 2.25. The first kappa shape index (κ1) is 10.6. The lowest BCUT2D eigenvalue weighted by molar-refractivity contribution is 0.411. The molecule has 0 bridgehead atoms. The Bertz CT molecular complexity index is 347. The summed E-state index contributed by atoms with van der Waals surface area (Å²) in [6.45, 7) is 0. The van der Waals surface area contributed by atoms with Gasteiger partial charge in [0.25, 0.3) is 0 Å². The lowest BCUT2D eigenvalue weighted by atomic mass is 9.92. The Balaban J connectivity index is 3.14. The van der Waals surface area contributed by atoms with E-state index in [0.29, 0.717) is 0 Å². The molecule has 0 saturated carbocycles. The van der Waals surface area contributed by atoms with Crippen LogP contribution >= 0.6 is 0 Å². The predicted octanol–water partition coefficient (Wildman–Crippen LogP) is 1.49. The van der Waals surface area contributed by atoms with Gasteiger partial charge in [0.1, 0.15) is 13.6 Å². The van der Waals surface area contributed by atoms with Crippen LogP contribution in [0.4, 0.5) is 0 Å². The molecule has 0 atom stereocenters. The lowest BCUT2D eigenvalue weighted by Crippen LogP contribution is -1.95. The first-order valence-electron chi connectivity index (χ1n) is 4.66. The molecule has 0 heterocycles. The summed E-state index contributed by atoms with van der Waals surface area (Å²) in [4.78, 5) is 0. The van der Waals surface area contributed by atoms with Crippen LogP contribution in [0.5, 0.6) is 5.75 Å². The molecule has 1 aromatic carbocycles. The molecule has 2 nitrogen and oxygen atoms in total. The maximum absolute atomic E-state index is 6.93. The molecule has 0 amide bonds. The van der Waals surface area contributed by atoms with Gasteiger partial charge in [0.2, 0.25) is 0 Å². The SMILES string of the molecule is BCc1c(/C=C\C=N)cccc1OC. The van der Waals surface area contributed by atoms with Crippen LogP contribution in [0.3, 0.4) is 0 Å². The summed E-state index contributed by atoms with van der Waals surface area (Å²) in [6, 6.07) is 5.95. The van der Waals surface area contributed by atoms with Gasteiger partial charge in [-0.05, 0) is 23.3 Å². The topological polar surface area (TPSA) is 33.1 Å². The summed E-state index contributed by atoms with van der Waals surface area (Å²) >= 11 is 0. The van der Waals surface area contributed by atoms with Gasteiger partial charge in [-0.3, -0.25) is 0 Å². The van der Waals surface area contributed by atoms with Gasteiger partial charge < -0.3 is 10.1 Å². The molecule has 72 valence electrons. The van der Waals surface area contributed by atoms with E-state index in [9.17, 15) is 0 Å². The normalized spacial score (nSPS) is 10.4. The fraction of sp³-hybridized carbons (Fsp3) is 0.182. The minimum absolute atomic E-state index is 0.916. The van der Waals surface area contributed by atoms with Crippen LogP contribution in [-0.4, -0.2) is 21.2 Å². The van der Waals surface area contributed by atoms with Gasteiger partial charge in [0.15, 0.2) is 0 Å². The number of ether oxygens (including phenoxy) is 1. The van der Waals surface area contributed by atoms with Crippen LogP contribution in [0, 0.1) is 5.41 Å². The van der Waals surface area contributed by atoms with E-state index in [0.717, 1.165) is 17.6 Å². The fourth-order valence-electron chi connectivity index (χ4n) is 1.46. The van der Waals surface area contributed by atoms with Crippen molar-refractivity contribution in [3.63, 3.8) is 0 Å². The molecule has 0 spiro atoms. The molecule has 14 heavy (non-hydrogen) atoms. The van der Waals surface area contributed by atoms with E-state index < -0.39 is 0 Å². The van der Waals surface area contributed by atoms with Crippen LogP contribution in [0.25, 0.3) is 6.08 Å². The van der Waals surface area contributed by atoms with Gasteiger partial charge in [0.05, 0.1) is 7.11 Å². The minimum Gasteiger partial charge on any atom is -0.496 e. The third-order valence-electron chi connectivity index (χ3n) is 2.11. The smallest absolute Gasteiger partial charge is 0.121 e. The van der Waals surface area contributed by atoms with Crippen LogP contribution in [0.15, 0.2) is 24.3 Å². The molecule has 0 unspecified atom stereocenters. The summed E-state index contributed by atoms with van der Waals surface area (Å²) in [5.41, 5.74) is 2.31. The zero-order chi connectivity index (χ0) is 10.4. The second-order valence-electron chi connectivity index (χ2n) is 2.91. The van der Waals surface area contributed by atoms with Gasteiger partial charge in [0, 0.05) is 6.21 Å². The molecular weight excluding hydrogens is 173 g/mol. The average molecular weight is 187 g/mol. The minimum atomic E-state index is 0.916. The van der Waals surface area contributed by atoms with E-state index >= 15 is 0 Å². The molecule has 0 aromatic heterocycles. The summed E-state index contributed by atoms with van der Waals surface area (Å²) in [7, 11) is 3.78. The predicted molar refractivity (Wildman–Crippen MR) is 63.1 cm³/mol. The largest absolute Gasteiger partial charge is 0.496 e. The highest BCUT2D eigenvalue weighted by Crippen LogP contribution is 2.22. The Morgan fingerprint density at radius 1 is 1.50 bits per heavy atom. The fourth-order valence-corrected chi connectivity index (χ4v) is 1.46. The van der Waals surface area contributed by atoms with E-state index in [-0.39, 0.29) is 0 Å². The number of nitrogens with one attached hydrogen (secondary N) is 1. The molecule has 0 aliphatic rings. The number of allylic oxidation sites excluding steroid dienone is 1. The lowest BCUT2D eigenvalue weighted by Gasteiger charge is -2.09. The number of methoxy groups -OCH3 is 1. The van der Waals surface area contributed by atoms with Crippen molar-refractivity contribution < 1.29 is 4.74 Å².